The molecule has 1 aromatic rings. The largest absolute Gasteiger partial charge is 0.378 e. The number of likely N-dealkylation sites (N-methyl/N-ethyl adjacent to an activating group) is 1. The second-order valence-electron chi connectivity index (χ2n) is 4.53. The average Bonchev–Trinajstić information content (AvgIpc) is 2.79. The second kappa shape index (κ2) is 7.09. The summed E-state index contributed by atoms with van der Waals surface area (Å²) in [5.41, 5.74) is 1.22. The predicted molar refractivity (Wildman–Crippen MR) is 71.7 cm³/mol. The fourth-order valence-corrected chi connectivity index (χ4v) is 3.01. The first kappa shape index (κ1) is 13.0. The molecule has 0 amide bonds. The van der Waals surface area contributed by atoms with Crippen LogP contribution in [-0.2, 0) is 17.6 Å². The van der Waals surface area contributed by atoms with Crippen molar-refractivity contribution in [2.45, 2.75) is 45.1 Å². The third kappa shape index (κ3) is 4.37. The highest BCUT2D eigenvalue weighted by Crippen LogP contribution is 2.19. The maximum Gasteiger partial charge on any atom is 0.0954 e. The van der Waals surface area contributed by atoms with E-state index in [0.717, 1.165) is 32.5 Å². The van der Waals surface area contributed by atoms with E-state index < -0.39 is 0 Å². The Hall–Kier alpha value is -0.450. The van der Waals surface area contributed by atoms with E-state index in [1.807, 2.05) is 0 Å². The van der Waals surface area contributed by atoms with E-state index in [2.05, 4.69) is 22.6 Å². The zero-order valence-electron chi connectivity index (χ0n) is 10.6. The molecule has 3 nitrogen and oxygen atoms in total. The molecule has 1 aromatic heterocycles. The summed E-state index contributed by atoms with van der Waals surface area (Å²) in [5, 5.41) is 6.76. The Kier molecular flexibility index (Phi) is 5.42. The van der Waals surface area contributed by atoms with Gasteiger partial charge in [-0.05, 0) is 25.8 Å². The van der Waals surface area contributed by atoms with Gasteiger partial charge in [0.1, 0.15) is 0 Å². The van der Waals surface area contributed by atoms with E-state index in [-0.39, 0.29) is 0 Å². The molecule has 1 N–H and O–H groups in total. The van der Waals surface area contributed by atoms with Crippen molar-refractivity contribution in [3.05, 3.63) is 16.1 Å². The Morgan fingerprint density at radius 3 is 3.24 bits per heavy atom. The number of thiazole rings is 1. The summed E-state index contributed by atoms with van der Waals surface area (Å²) in [4.78, 5) is 4.67. The van der Waals surface area contributed by atoms with Gasteiger partial charge in [-0.2, -0.15) is 0 Å². The van der Waals surface area contributed by atoms with E-state index in [1.54, 1.807) is 11.3 Å². The molecule has 0 spiro atoms. The normalized spacial score (nSPS) is 20.6. The van der Waals surface area contributed by atoms with E-state index in [4.69, 9.17) is 4.74 Å². The average molecular weight is 254 g/mol. The topological polar surface area (TPSA) is 34.1 Å². The summed E-state index contributed by atoms with van der Waals surface area (Å²) in [5.74, 6) is 0. The van der Waals surface area contributed by atoms with Gasteiger partial charge in [-0.25, -0.2) is 4.98 Å². The van der Waals surface area contributed by atoms with Crippen LogP contribution in [0.25, 0.3) is 0 Å². The summed E-state index contributed by atoms with van der Waals surface area (Å²) >= 11 is 1.78. The third-order valence-electron chi connectivity index (χ3n) is 3.08. The van der Waals surface area contributed by atoms with Crippen LogP contribution in [-0.4, -0.2) is 30.8 Å². The number of ether oxygens (including phenoxy) is 1. The Morgan fingerprint density at radius 1 is 1.53 bits per heavy atom. The van der Waals surface area contributed by atoms with E-state index >= 15 is 0 Å². The lowest BCUT2D eigenvalue weighted by molar-refractivity contribution is 0.0167. The molecule has 2 rings (SSSR count). The molecule has 0 saturated carbocycles. The molecule has 0 bridgehead atoms. The monoisotopic (exact) mass is 254 g/mol. The first-order chi connectivity index (χ1) is 8.38. The van der Waals surface area contributed by atoms with Crippen molar-refractivity contribution in [3.8, 4) is 0 Å². The van der Waals surface area contributed by atoms with Crippen molar-refractivity contribution in [2.24, 2.45) is 0 Å². The quantitative estimate of drug-likeness (QED) is 0.792. The van der Waals surface area contributed by atoms with Crippen LogP contribution in [0.15, 0.2) is 5.38 Å². The Morgan fingerprint density at radius 2 is 2.47 bits per heavy atom. The Bertz CT molecular complexity index is 321. The summed E-state index contributed by atoms with van der Waals surface area (Å²) < 4.78 is 5.74. The number of rotatable bonds is 6. The lowest BCUT2D eigenvalue weighted by Gasteiger charge is -2.21. The zero-order valence-corrected chi connectivity index (χ0v) is 11.4. The van der Waals surface area contributed by atoms with Crippen molar-refractivity contribution in [3.63, 3.8) is 0 Å². The van der Waals surface area contributed by atoms with E-state index in [0.29, 0.717) is 6.10 Å². The minimum absolute atomic E-state index is 0.413. The van der Waals surface area contributed by atoms with Crippen LogP contribution in [0, 0.1) is 0 Å². The molecule has 1 aliphatic heterocycles. The molecule has 1 saturated heterocycles. The SMILES string of the molecule is CCNCCc1csc(CC2CCCCO2)n1. The van der Waals surface area contributed by atoms with Gasteiger partial charge in [-0.15, -0.1) is 11.3 Å². The highest BCUT2D eigenvalue weighted by atomic mass is 32.1. The van der Waals surface area contributed by atoms with Gasteiger partial charge in [-0.1, -0.05) is 6.92 Å². The van der Waals surface area contributed by atoms with Crippen LogP contribution in [0.2, 0.25) is 0 Å². The Labute approximate surface area is 108 Å². The van der Waals surface area contributed by atoms with Crippen LogP contribution >= 0.6 is 11.3 Å². The fraction of sp³-hybridized carbons (Fsp3) is 0.769. The smallest absolute Gasteiger partial charge is 0.0954 e. The van der Waals surface area contributed by atoms with Crippen molar-refractivity contribution < 1.29 is 4.74 Å². The molecule has 0 aromatic carbocycles. The number of nitrogens with one attached hydrogen (secondary N) is 1. The fourth-order valence-electron chi connectivity index (χ4n) is 2.11. The summed E-state index contributed by atoms with van der Waals surface area (Å²) in [6.07, 6.45) is 6.19. The first-order valence-electron chi connectivity index (χ1n) is 6.64. The van der Waals surface area contributed by atoms with Gasteiger partial charge in [0, 0.05) is 31.4 Å². The van der Waals surface area contributed by atoms with Crippen LogP contribution in [0.3, 0.4) is 0 Å². The minimum atomic E-state index is 0.413. The molecule has 17 heavy (non-hydrogen) atoms. The number of hydrogen-bond donors (Lipinski definition) is 1. The maximum absolute atomic E-state index is 5.74. The van der Waals surface area contributed by atoms with Crippen molar-refractivity contribution in [2.75, 3.05) is 19.7 Å². The van der Waals surface area contributed by atoms with Gasteiger partial charge in [0.2, 0.25) is 0 Å². The van der Waals surface area contributed by atoms with E-state index in [1.165, 1.54) is 30.0 Å². The lowest BCUT2D eigenvalue weighted by atomic mass is 10.1. The molecular formula is C13H22N2OS. The molecule has 1 atom stereocenters. The summed E-state index contributed by atoms with van der Waals surface area (Å²) in [7, 11) is 0. The van der Waals surface area contributed by atoms with Crippen molar-refractivity contribution in [1.82, 2.24) is 10.3 Å². The van der Waals surface area contributed by atoms with Gasteiger partial charge in [-0.3, -0.25) is 0 Å². The highest BCUT2D eigenvalue weighted by Gasteiger charge is 2.16. The third-order valence-corrected chi connectivity index (χ3v) is 4.00. The molecule has 1 fully saturated rings. The maximum atomic E-state index is 5.74. The second-order valence-corrected chi connectivity index (χ2v) is 5.47. The van der Waals surface area contributed by atoms with Gasteiger partial charge in [0.05, 0.1) is 16.8 Å². The molecule has 0 radical (unpaired) electrons. The van der Waals surface area contributed by atoms with Crippen LogP contribution in [0.4, 0.5) is 0 Å². The van der Waals surface area contributed by atoms with Crippen LogP contribution < -0.4 is 5.32 Å². The van der Waals surface area contributed by atoms with E-state index in [9.17, 15) is 0 Å². The molecule has 96 valence electrons. The van der Waals surface area contributed by atoms with Gasteiger partial charge >= 0.3 is 0 Å². The minimum Gasteiger partial charge on any atom is -0.378 e. The standard InChI is InChI=1S/C13H22N2OS/c1-2-14-7-6-11-10-17-13(15-11)9-12-5-3-4-8-16-12/h10,12,14H,2-9H2,1H3. The lowest BCUT2D eigenvalue weighted by Crippen LogP contribution is -2.21. The Balaban J connectivity index is 1.76. The summed E-state index contributed by atoms with van der Waals surface area (Å²) in [6.45, 7) is 5.13. The van der Waals surface area contributed by atoms with Crippen molar-refractivity contribution >= 4 is 11.3 Å². The molecule has 2 heterocycles. The highest BCUT2D eigenvalue weighted by molar-refractivity contribution is 7.09. The van der Waals surface area contributed by atoms with Crippen LogP contribution in [0.1, 0.15) is 36.9 Å². The van der Waals surface area contributed by atoms with Crippen molar-refractivity contribution in [1.29, 1.82) is 0 Å². The molecule has 0 aliphatic carbocycles. The molecular weight excluding hydrogens is 232 g/mol. The molecule has 1 aliphatic rings. The molecule has 1 unspecified atom stereocenters. The van der Waals surface area contributed by atoms with Crippen LogP contribution in [0.5, 0.6) is 0 Å². The summed E-state index contributed by atoms with van der Waals surface area (Å²) in [6, 6.07) is 0. The van der Waals surface area contributed by atoms with Gasteiger partial charge in [0.25, 0.3) is 0 Å². The number of aromatic nitrogens is 1. The van der Waals surface area contributed by atoms with Gasteiger partial charge < -0.3 is 10.1 Å². The predicted octanol–water partition coefficient (Wildman–Crippen LogP) is 2.41. The van der Waals surface area contributed by atoms with Gasteiger partial charge in [0.15, 0.2) is 0 Å². The first-order valence-corrected chi connectivity index (χ1v) is 7.52. The number of nitrogens with zero attached hydrogens (tertiary/aromatic N) is 1. The zero-order chi connectivity index (χ0) is 11.9. The molecule has 4 heteroatoms. The number of hydrogen-bond acceptors (Lipinski definition) is 4.